The van der Waals surface area contributed by atoms with Crippen molar-refractivity contribution >= 4 is 32.8 Å². The molecule has 168 valence electrons. The molecule has 0 aliphatic carbocycles. The van der Waals surface area contributed by atoms with E-state index in [0.717, 1.165) is 16.4 Å². The lowest BCUT2D eigenvalue weighted by Gasteiger charge is -2.38. The maximum absolute atomic E-state index is 13.0. The highest BCUT2D eigenvalue weighted by Gasteiger charge is 2.41. The number of carbonyl (C=O) groups is 1. The Balaban J connectivity index is 1.61. The van der Waals surface area contributed by atoms with Gasteiger partial charge >= 0.3 is 12.1 Å². The van der Waals surface area contributed by atoms with Crippen LogP contribution >= 0.6 is 0 Å². The van der Waals surface area contributed by atoms with Crippen LogP contribution in [0.25, 0.3) is 11.0 Å². The molecule has 1 aliphatic heterocycles. The maximum atomic E-state index is 13.0. The second-order valence-corrected chi connectivity index (χ2v) is 8.92. The molecule has 1 aliphatic rings. The number of carboxylic acids is 1. The number of rotatable bonds is 4. The number of fused-ring (bicyclic) bond motifs is 1. The summed E-state index contributed by atoms with van der Waals surface area (Å²) in [6.45, 7) is -0.286. The van der Waals surface area contributed by atoms with Crippen molar-refractivity contribution in [1.29, 1.82) is 0 Å². The van der Waals surface area contributed by atoms with E-state index in [9.17, 15) is 31.5 Å². The molecule has 0 radical (unpaired) electrons. The van der Waals surface area contributed by atoms with E-state index in [0.29, 0.717) is 29.0 Å². The average Bonchev–Trinajstić information content (AvgIpc) is 2.77. The molecule has 0 spiro atoms. The summed E-state index contributed by atoms with van der Waals surface area (Å²) in [5.74, 6) is -1.01. The van der Waals surface area contributed by atoms with E-state index in [1.807, 2.05) is 0 Å². The van der Waals surface area contributed by atoms with Crippen LogP contribution in [0.3, 0.4) is 0 Å². The third-order valence-corrected chi connectivity index (χ3v) is 6.98. The number of hydrogen-bond acceptors (Lipinski definition) is 7. The zero-order chi connectivity index (χ0) is 23.1. The molecular weight excluding hydrogens is 451 g/mol. The summed E-state index contributed by atoms with van der Waals surface area (Å²) < 4.78 is 65.2. The average molecular weight is 467 g/mol. The SMILES string of the molecule is O=C(O)[C@H]1CN(c2cnc3cnccc3n2)CCN1S(=O)(=O)c1ccc(C(F)(F)F)cc1. The Bertz CT molecular complexity index is 1270. The molecule has 1 aromatic carbocycles. The van der Waals surface area contributed by atoms with Crippen LogP contribution in [0.5, 0.6) is 0 Å². The number of hydrogen-bond donors (Lipinski definition) is 1. The second kappa shape index (κ2) is 7.98. The Kier molecular flexibility index (Phi) is 5.46. The lowest BCUT2D eigenvalue weighted by atomic mass is 10.2. The van der Waals surface area contributed by atoms with E-state index in [4.69, 9.17) is 0 Å². The van der Waals surface area contributed by atoms with Crippen LogP contribution in [0.1, 0.15) is 5.56 Å². The van der Waals surface area contributed by atoms with Gasteiger partial charge in [0.1, 0.15) is 17.4 Å². The van der Waals surface area contributed by atoms with Gasteiger partial charge in [-0.15, -0.1) is 0 Å². The van der Waals surface area contributed by atoms with Crippen LogP contribution in [-0.4, -0.2) is 64.4 Å². The van der Waals surface area contributed by atoms with Crippen molar-refractivity contribution in [3.05, 3.63) is 54.5 Å². The van der Waals surface area contributed by atoms with Crippen LogP contribution in [0.4, 0.5) is 19.0 Å². The minimum absolute atomic E-state index is 0.120. The van der Waals surface area contributed by atoms with Crippen molar-refractivity contribution in [2.45, 2.75) is 17.1 Å². The Morgan fingerprint density at radius 3 is 2.44 bits per heavy atom. The third-order valence-electron chi connectivity index (χ3n) is 5.06. The Morgan fingerprint density at radius 2 is 1.78 bits per heavy atom. The van der Waals surface area contributed by atoms with E-state index in [1.54, 1.807) is 11.0 Å². The van der Waals surface area contributed by atoms with Crippen molar-refractivity contribution in [3.63, 3.8) is 0 Å². The molecule has 0 unspecified atom stereocenters. The van der Waals surface area contributed by atoms with E-state index in [1.165, 1.54) is 18.6 Å². The standard InChI is InChI=1S/C19H16F3N5O4S/c20-19(21,22)12-1-3-13(4-2-12)32(30,31)27-8-7-26(11-16(27)18(28)29)17-10-24-15-9-23-6-5-14(15)25-17/h1-6,9-10,16H,7-8,11H2,(H,28,29)/t16-/m1/s1. The molecule has 0 bridgehead atoms. The van der Waals surface area contributed by atoms with Crippen LogP contribution in [0.15, 0.2) is 53.8 Å². The molecule has 32 heavy (non-hydrogen) atoms. The van der Waals surface area contributed by atoms with Gasteiger partial charge in [-0.3, -0.25) is 9.78 Å². The molecule has 4 rings (SSSR count). The highest BCUT2D eigenvalue weighted by atomic mass is 32.2. The molecule has 1 saturated heterocycles. The first-order chi connectivity index (χ1) is 15.1. The fourth-order valence-corrected chi connectivity index (χ4v) is 4.98. The van der Waals surface area contributed by atoms with Crippen molar-refractivity contribution in [2.24, 2.45) is 0 Å². The first-order valence-electron chi connectivity index (χ1n) is 9.31. The number of aliphatic carboxylic acids is 1. The van der Waals surface area contributed by atoms with E-state index >= 15 is 0 Å². The summed E-state index contributed by atoms with van der Waals surface area (Å²) in [5, 5.41) is 9.68. The highest BCUT2D eigenvalue weighted by Crippen LogP contribution is 2.31. The first kappa shape index (κ1) is 21.9. The summed E-state index contributed by atoms with van der Waals surface area (Å²) >= 11 is 0. The third kappa shape index (κ3) is 4.08. The molecule has 0 amide bonds. The van der Waals surface area contributed by atoms with Crippen molar-refractivity contribution < 1.29 is 31.5 Å². The van der Waals surface area contributed by atoms with Gasteiger partial charge in [0, 0.05) is 25.8 Å². The molecule has 0 saturated carbocycles. The Morgan fingerprint density at radius 1 is 1.06 bits per heavy atom. The van der Waals surface area contributed by atoms with Gasteiger partial charge < -0.3 is 10.0 Å². The molecule has 1 N–H and O–H groups in total. The number of piperazine rings is 1. The largest absolute Gasteiger partial charge is 0.480 e. The number of alkyl halides is 3. The summed E-state index contributed by atoms with van der Waals surface area (Å²) in [5.41, 5.74) is 0.0971. The number of halogens is 3. The van der Waals surface area contributed by atoms with Gasteiger partial charge in [0.2, 0.25) is 10.0 Å². The summed E-state index contributed by atoms with van der Waals surface area (Å²) in [6, 6.07) is 3.13. The van der Waals surface area contributed by atoms with E-state index in [-0.39, 0.29) is 19.6 Å². The molecule has 3 heterocycles. The number of sulfonamides is 1. The van der Waals surface area contributed by atoms with Crippen LogP contribution in [0, 0.1) is 0 Å². The summed E-state index contributed by atoms with van der Waals surface area (Å²) in [6.07, 6.45) is -0.104. The smallest absolute Gasteiger partial charge is 0.416 e. The molecular formula is C19H16F3N5O4S. The Hall–Kier alpha value is -3.32. The molecule has 3 aromatic rings. The highest BCUT2D eigenvalue weighted by molar-refractivity contribution is 7.89. The molecule has 9 nitrogen and oxygen atoms in total. The molecule has 13 heteroatoms. The molecule has 1 atom stereocenters. The fourth-order valence-electron chi connectivity index (χ4n) is 3.42. The molecule has 2 aromatic heterocycles. The number of carboxylic acid groups (broad SMARTS) is 1. The van der Waals surface area contributed by atoms with E-state index in [2.05, 4.69) is 15.0 Å². The summed E-state index contributed by atoms with van der Waals surface area (Å²) in [4.78, 5) is 25.7. The van der Waals surface area contributed by atoms with E-state index < -0.39 is 38.7 Å². The van der Waals surface area contributed by atoms with Crippen LogP contribution in [0.2, 0.25) is 0 Å². The van der Waals surface area contributed by atoms with Crippen molar-refractivity contribution in [2.75, 3.05) is 24.5 Å². The fraction of sp³-hybridized carbons (Fsp3) is 0.263. The lowest BCUT2D eigenvalue weighted by Crippen LogP contribution is -2.58. The quantitative estimate of drug-likeness (QED) is 0.620. The number of pyridine rings is 1. The number of anilines is 1. The minimum Gasteiger partial charge on any atom is -0.480 e. The van der Waals surface area contributed by atoms with Gasteiger partial charge in [-0.2, -0.15) is 17.5 Å². The zero-order valence-corrected chi connectivity index (χ0v) is 17.1. The second-order valence-electron chi connectivity index (χ2n) is 7.03. The summed E-state index contributed by atoms with van der Waals surface area (Å²) in [7, 11) is -4.34. The first-order valence-corrected chi connectivity index (χ1v) is 10.7. The van der Waals surface area contributed by atoms with Gasteiger partial charge in [-0.05, 0) is 30.3 Å². The predicted octanol–water partition coefficient (Wildman–Crippen LogP) is 2.01. The number of benzene rings is 1. The number of aromatic nitrogens is 3. The molecule has 1 fully saturated rings. The van der Waals surface area contributed by atoms with Gasteiger partial charge in [0.05, 0.1) is 28.4 Å². The normalized spacial score (nSPS) is 18.1. The zero-order valence-electron chi connectivity index (χ0n) is 16.3. The number of nitrogens with zero attached hydrogens (tertiary/aromatic N) is 5. The van der Waals surface area contributed by atoms with Crippen LogP contribution in [-0.2, 0) is 21.0 Å². The Labute approximate surface area is 180 Å². The van der Waals surface area contributed by atoms with Gasteiger partial charge in [0.15, 0.2) is 0 Å². The lowest BCUT2D eigenvalue weighted by molar-refractivity contribution is -0.141. The van der Waals surface area contributed by atoms with Crippen LogP contribution < -0.4 is 4.90 Å². The van der Waals surface area contributed by atoms with Crippen molar-refractivity contribution in [3.8, 4) is 0 Å². The predicted molar refractivity (Wildman–Crippen MR) is 106 cm³/mol. The topological polar surface area (TPSA) is 117 Å². The minimum atomic E-state index is -4.62. The maximum Gasteiger partial charge on any atom is 0.416 e. The monoisotopic (exact) mass is 467 g/mol. The van der Waals surface area contributed by atoms with Gasteiger partial charge in [-0.25, -0.2) is 18.4 Å². The van der Waals surface area contributed by atoms with Crippen molar-refractivity contribution in [1.82, 2.24) is 19.3 Å². The van der Waals surface area contributed by atoms with Gasteiger partial charge in [0.25, 0.3) is 0 Å². The van der Waals surface area contributed by atoms with Gasteiger partial charge in [-0.1, -0.05) is 0 Å².